The van der Waals surface area contributed by atoms with E-state index in [9.17, 15) is 4.79 Å². The number of likely N-dealkylation sites (tertiary alicyclic amines) is 1. The number of carbonyl (C=O) groups excluding carboxylic acids is 1. The van der Waals surface area contributed by atoms with E-state index in [1.807, 2.05) is 29.2 Å². The second-order valence-corrected chi connectivity index (χ2v) is 8.16. The molecule has 7 heteroatoms. The number of imidazole rings is 1. The Kier molecular flexibility index (Phi) is 6.26. The summed E-state index contributed by atoms with van der Waals surface area (Å²) in [5.41, 5.74) is 2.07. The number of hydrogen-bond donors (Lipinski definition) is 1. The molecule has 3 aromatic rings. The lowest BCUT2D eigenvalue weighted by molar-refractivity contribution is -0.132. The third-order valence-corrected chi connectivity index (χ3v) is 5.86. The predicted molar refractivity (Wildman–Crippen MR) is 116 cm³/mol. The molecule has 0 bridgehead atoms. The van der Waals surface area contributed by atoms with Gasteiger partial charge in [0.25, 0.3) is 0 Å². The van der Waals surface area contributed by atoms with E-state index in [2.05, 4.69) is 4.98 Å². The molecule has 0 atom stereocenters. The maximum absolute atomic E-state index is 12.5. The van der Waals surface area contributed by atoms with Gasteiger partial charge in [-0.25, -0.2) is 4.98 Å². The summed E-state index contributed by atoms with van der Waals surface area (Å²) in [5, 5.41) is 1.06. The summed E-state index contributed by atoms with van der Waals surface area (Å²) in [7, 11) is 0. The molecule has 5 nitrogen and oxygen atoms in total. The highest BCUT2D eigenvalue weighted by Crippen LogP contribution is 2.29. The standard InChI is InChI=1S/C22H23Cl2N3O2/c23-16-7-8-20(17(24)14-16)29-13-3-6-21(28)27-11-9-15(10-12-27)22-25-18-4-1-2-5-19(18)26-22/h1-2,4-5,7-8,14-15H,3,6,9-13H2,(H,25,26). The van der Waals surface area contributed by atoms with Gasteiger partial charge in [-0.05, 0) is 49.6 Å². The van der Waals surface area contributed by atoms with E-state index in [4.69, 9.17) is 32.9 Å². The van der Waals surface area contributed by atoms with Gasteiger partial charge >= 0.3 is 0 Å². The number of halogens is 2. The van der Waals surface area contributed by atoms with E-state index < -0.39 is 0 Å². The summed E-state index contributed by atoms with van der Waals surface area (Å²) in [5.74, 6) is 2.18. The van der Waals surface area contributed by atoms with Crippen LogP contribution >= 0.6 is 23.2 Å². The van der Waals surface area contributed by atoms with Crippen molar-refractivity contribution in [2.75, 3.05) is 19.7 Å². The Balaban J connectivity index is 1.21. The second kappa shape index (κ2) is 9.06. The third-order valence-electron chi connectivity index (χ3n) is 5.33. The first-order valence-electron chi connectivity index (χ1n) is 9.90. The Bertz CT molecular complexity index is 964. The molecule has 1 amide bonds. The van der Waals surface area contributed by atoms with Crippen LogP contribution in [0.3, 0.4) is 0 Å². The molecule has 0 unspecified atom stereocenters. The minimum Gasteiger partial charge on any atom is -0.492 e. The van der Waals surface area contributed by atoms with Gasteiger partial charge in [-0.1, -0.05) is 35.3 Å². The minimum absolute atomic E-state index is 0.179. The van der Waals surface area contributed by atoms with Crippen molar-refractivity contribution in [3.63, 3.8) is 0 Å². The molecule has 1 saturated heterocycles. The average Bonchev–Trinajstić information content (AvgIpc) is 3.17. The molecular formula is C22H23Cl2N3O2. The molecule has 1 fully saturated rings. The molecule has 152 valence electrons. The molecular weight excluding hydrogens is 409 g/mol. The van der Waals surface area contributed by atoms with E-state index in [1.165, 1.54) is 0 Å². The van der Waals surface area contributed by atoms with E-state index in [0.29, 0.717) is 41.2 Å². The topological polar surface area (TPSA) is 58.2 Å². The highest BCUT2D eigenvalue weighted by atomic mass is 35.5. The van der Waals surface area contributed by atoms with Crippen LogP contribution in [0.15, 0.2) is 42.5 Å². The van der Waals surface area contributed by atoms with Gasteiger partial charge in [0.15, 0.2) is 0 Å². The van der Waals surface area contributed by atoms with Gasteiger partial charge in [0.05, 0.1) is 22.7 Å². The summed E-state index contributed by atoms with van der Waals surface area (Å²) >= 11 is 12.0. The van der Waals surface area contributed by atoms with Crippen LogP contribution in [-0.2, 0) is 4.79 Å². The van der Waals surface area contributed by atoms with Crippen molar-refractivity contribution in [2.45, 2.75) is 31.6 Å². The summed E-state index contributed by atoms with van der Waals surface area (Å²) in [6.07, 6.45) is 2.99. The smallest absolute Gasteiger partial charge is 0.222 e. The first kappa shape index (κ1) is 20.0. The first-order valence-corrected chi connectivity index (χ1v) is 10.7. The Hall–Kier alpha value is -2.24. The summed E-state index contributed by atoms with van der Waals surface area (Å²) in [6.45, 7) is 1.98. The van der Waals surface area contributed by atoms with E-state index in [1.54, 1.807) is 18.2 Å². The van der Waals surface area contributed by atoms with Crippen LogP contribution in [0, 0.1) is 0 Å². The summed E-state index contributed by atoms with van der Waals surface area (Å²) in [6, 6.07) is 13.2. The van der Waals surface area contributed by atoms with Crippen LogP contribution in [0.5, 0.6) is 5.75 Å². The lowest BCUT2D eigenvalue weighted by atomic mass is 9.96. The molecule has 1 aliphatic heterocycles. The number of piperidine rings is 1. The van der Waals surface area contributed by atoms with E-state index in [-0.39, 0.29) is 5.91 Å². The number of carbonyl (C=O) groups is 1. The maximum Gasteiger partial charge on any atom is 0.222 e. The number of benzene rings is 2. The van der Waals surface area contributed by atoms with E-state index >= 15 is 0 Å². The number of para-hydroxylation sites is 2. The largest absolute Gasteiger partial charge is 0.492 e. The average molecular weight is 432 g/mol. The zero-order valence-corrected chi connectivity index (χ0v) is 17.5. The minimum atomic E-state index is 0.179. The molecule has 1 aliphatic rings. The number of fused-ring (bicyclic) bond motifs is 1. The lowest BCUT2D eigenvalue weighted by Crippen LogP contribution is -2.38. The Morgan fingerprint density at radius 2 is 1.97 bits per heavy atom. The van der Waals surface area contributed by atoms with Crippen LogP contribution in [0.2, 0.25) is 10.0 Å². The van der Waals surface area contributed by atoms with Gasteiger partial charge in [-0.3, -0.25) is 4.79 Å². The number of H-pyrrole nitrogens is 1. The molecule has 1 N–H and O–H groups in total. The number of ether oxygens (including phenoxy) is 1. The predicted octanol–water partition coefficient (Wildman–Crippen LogP) is 5.43. The number of nitrogens with one attached hydrogen (secondary N) is 1. The van der Waals surface area contributed by atoms with E-state index in [0.717, 1.165) is 42.8 Å². The van der Waals surface area contributed by atoms with Crippen LogP contribution in [0.4, 0.5) is 0 Å². The number of nitrogens with zero attached hydrogens (tertiary/aromatic N) is 2. The van der Waals surface area contributed by atoms with Gasteiger partial charge in [0.2, 0.25) is 5.91 Å². The number of aromatic amines is 1. The zero-order valence-electron chi connectivity index (χ0n) is 16.0. The quantitative estimate of drug-likeness (QED) is 0.528. The molecule has 0 radical (unpaired) electrons. The Morgan fingerprint density at radius 1 is 1.17 bits per heavy atom. The van der Waals surface area contributed by atoms with Crippen LogP contribution in [-0.4, -0.2) is 40.5 Å². The lowest BCUT2D eigenvalue weighted by Gasteiger charge is -2.31. The van der Waals surface area contributed by atoms with Gasteiger partial charge in [-0.2, -0.15) is 0 Å². The van der Waals surface area contributed by atoms with Crippen LogP contribution < -0.4 is 4.74 Å². The normalized spacial score (nSPS) is 15.0. The van der Waals surface area contributed by atoms with Crippen molar-refractivity contribution in [1.29, 1.82) is 0 Å². The summed E-state index contributed by atoms with van der Waals surface area (Å²) in [4.78, 5) is 22.6. The van der Waals surface area contributed by atoms with Crippen molar-refractivity contribution in [3.8, 4) is 5.75 Å². The molecule has 2 aromatic carbocycles. The number of rotatable bonds is 6. The maximum atomic E-state index is 12.5. The Labute approximate surface area is 180 Å². The highest BCUT2D eigenvalue weighted by Gasteiger charge is 2.25. The zero-order chi connectivity index (χ0) is 20.2. The molecule has 1 aromatic heterocycles. The fourth-order valence-corrected chi connectivity index (χ4v) is 4.19. The number of aromatic nitrogens is 2. The van der Waals surface area contributed by atoms with Crippen molar-refractivity contribution in [1.82, 2.24) is 14.9 Å². The number of amides is 1. The van der Waals surface area contributed by atoms with Crippen LogP contribution in [0.25, 0.3) is 11.0 Å². The van der Waals surface area contributed by atoms with Gasteiger partial charge in [0, 0.05) is 30.5 Å². The molecule has 0 aliphatic carbocycles. The van der Waals surface area contributed by atoms with Crippen molar-refractivity contribution in [3.05, 3.63) is 58.3 Å². The third kappa shape index (κ3) is 4.85. The Morgan fingerprint density at radius 3 is 2.72 bits per heavy atom. The highest BCUT2D eigenvalue weighted by molar-refractivity contribution is 6.35. The van der Waals surface area contributed by atoms with Gasteiger partial charge in [-0.15, -0.1) is 0 Å². The second-order valence-electron chi connectivity index (χ2n) is 7.32. The fourth-order valence-electron chi connectivity index (χ4n) is 3.72. The van der Waals surface area contributed by atoms with Crippen molar-refractivity contribution < 1.29 is 9.53 Å². The monoisotopic (exact) mass is 431 g/mol. The van der Waals surface area contributed by atoms with Crippen LogP contribution in [0.1, 0.15) is 37.4 Å². The number of hydrogen-bond acceptors (Lipinski definition) is 3. The molecule has 4 rings (SSSR count). The molecule has 0 saturated carbocycles. The van der Waals surface area contributed by atoms with Gasteiger partial charge in [0.1, 0.15) is 11.6 Å². The SMILES string of the molecule is O=C(CCCOc1ccc(Cl)cc1Cl)N1CCC(c2nc3ccccc3[nH]2)CC1. The van der Waals surface area contributed by atoms with Gasteiger partial charge < -0.3 is 14.6 Å². The molecule has 29 heavy (non-hydrogen) atoms. The first-order chi connectivity index (χ1) is 14.1. The fraction of sp³-hybridized carbons (Fsp3) is 0.364. The summed E-state index contributed by atoms with van der Waals surface area (Å²) < 4.78 is 5.66. The molecule has 2 heterocycles. The van der Waals surface area contributed by atoms with Crippen molar-refractivity contribution in [2.24, 2.45) is 0 Å². The molecule has 0 spiro atoms. The van der Waals surface area contributed by atoms with Crippen molar-refractivity contribution >= 4 is 40.1 Å².